The van der Waals surface area contributed by atoms with Gasteiger partial charge in [-0.3, -0.25) is 0 Å². The highest BCUT2D eigenvalue weighted by molar-refractivity contribution is 7.98. The number of rotatable bonds is 7. The minimum absolute atomic E-state index is 0.590. The summed E-state index contributed by atoms with van der Waals surface area (Å²) in [7, 11) is 1.72. The Hall–Kier alpha value is -0.670. The van der Waals surface area contributed by atoms with Crippen molar-refractivity contribution in [1.82, 2.24) is 0 Å². The minimum Gasteiger partial charge on any atom is -0.496 e. The first-order chi connectivity index (χ1) is 8.21. The predicted molar refractivity (Wildman–Crippen MR) is 76.5 cm³/mol. The molecule has 0 aliphatic carbocycles. The lowest BCUT2D eigenvalue weighted by atomic mass is 10.1. The van der Waals surface area contributed by atoms with Crippen LogP contribution in [0.3, 0.4) is 0 Å². The first-order valence-electron chi connectivity index (χ1n) is 6.14. The lowest BCUT2D eigenvalue weighted by molar-refractivity contribution is 0.411. The molecule has 0 heterocycles. The smallest absolute Gasteiger partial charge is 0.122 e. The summed E-state index contributed by atoms with van der Waals surface area (Å²) in [6, 6.07) is 6.20. The molecule has 2 N–H and O–H groups in total. The third-order valence-corrected chi connectivity index (χ3v) is 4.26. The quantitative estimate of drug-likeness (QED) is 0.808. The average Bonchev–Trinajstić information content (AvgIpc) is 2.38. The van der Waals surface area contributed by atoms with Gasteiger partial charge in [-0.15, -0.1) is 0 Å². The Labute approximate surface area is 109 Å². The fourth-order valence-electron chi connectivity index (χ4n) is 1.56. The standard InChI is InChI=1S/C14H23NOS/c1-4-11(2)9-17-10-13-7-12(8-15)5-6-14(13)16-3/h5-7,11H,4,8-10,15H2,1-3H3. The van der Waals surface area contributed by atoms with Crippen LogP contribution in [0, 0.1) is 5.92 Å². The van der Waals surface area contributed by atoms with Crippen LogP contribution in [0.1, 0.15) is 31.4 Å². The number of methoxy groups -OCH3 is 1. The van der Waals surface area contributed by atoms with Gasteiger partial charge in [0.2, 0.25) is 0 Å². The summed E-state index contributed by atoms with van der Waals surface area (Å²) in [6.07, 6.45) is 1.24. The minimum atomic E-state index is 0.590. The lowest BCUT2D eigenvalue weighted by Crippen LogP contribution is -2.00. The highest BCUT2D eigenvalue weighted by Crippen LogP contribution is 2.25. The van der Waals surface area contributed by atoms with Crippen molar-refractivity contribution < 1.29 is 4.74 Å². The molecule has 1 atom stereocenters. The molecule has 1 rings (SSSR count). The number of hydrogen-bond acceptors (Lipinski definition) is 3. The van der Waals surface area contributed by atoms with Gasteiger partial charge in [-0.25, -0.2) is 0 Å². The molecule has 0 saturated heterocycles. The van der Waals surface area contributed by atoms with Crippen molar-refractivity contribution in [2.45, 2.75) is 32.6 Å². The van der Waals surface area contributed by atoms with E-state index in [1.54, 1.807) is 7.11 Å². The largest absolute Gasteiger partial charge is 0.496 e. The monoisotopic (exact) mass is 253 g/mol. The van der Waals surface area contributed by atoms with E-state index in [0.29, 0.717) is 6.54 Å². The third-order valence-electron chi connectivity index (χ3n) is 2.94. The summed E-state index contributed by atoms with van der Waals surface area (Å²) in [5, 5.41) is 0. The molecule has 0 radical (unpaired) electrons. The second kappa shape index (κ2) is 7.62. The molecule has 1 aromatic carbocycles. The van der Waals surface area contributed by atoms with Crippen LogP contribution in [0.2, 0.25) is 0 Å². The van der Waals surface area contributed by atoms with E-state index in [1.165, 1.54) is 23.3 Å². The van der Waals surface area contributed by atoms with Crippen molar-refractivity contribution in [2.75, 3.05) is 12.9 Å². The summed E-state index contributed by atoms with van der Waals surface area (Å²) in [4.78, 5) is 0. The van der Waals surface area contributed by atoms with Crippen LogP contribution in [0.15, 0.2) is 18.2 Å². The van der Waals surface area contributed by atoms with Gasteiger partial charge in [-0.1, -0.05) is 26.3 Å². The summed E-state index contributed by atoms with van der Waals surface area (Å²) < 4.78 is 5.37. The van der Waals surface area contributed by atoms with Crippen LogP contribution < -0.4 is 10.5 Å². The summed E-state index contributed by atoms with van der Waals surface area (Å²) in [5.74, 6) is 3.95. The Balaban J connectivity index is 2.61. The van der Waals surface area contributed by atoms with E-state index >= 15 is 0 Å². The average molecular weight is 253 g/mol. The summed E-state index contributed by atoms with van der Waals surface area (Å²) >= 11 is 1.97. The molecule has 2 nitrogen and oxygen atoms in total. The number of hydrogen-bond donors (Lipinski definition) is 1. The molecule has 17 heavy (non-hydrogen) atoms. The first-order valence-corrected chi connectivity index (χ1v) is 7.30. The van der Waals surface area contributed by atoms with Crippen LogP contribution in [0.5, 0.6) is 5.75 Å². The van der Waals surface area contributed by atoms with Crippen LogP contribution in [-0.4, -0.2) is 12.9 Å². The fourth-order valence-corrected chi connectivity index (χ4v) is 2.76. The molecule has 1 unspecified atom stereocenters. The SMILES string of the molecule is CCC(C)CSCc1cc(CN)ccc1OC. The molecule has 0 aliphatic rings. The Bertz CT molecular complexity index is 341. The van der Waals surface area contributed by atoms with Gasteiger partial charge < -0.3 is 10.5 Å². The molecule has 3 heteroatoms. The van der Waals surface area contributed by atoms with Crippen LogP contribution in [0.4, 0.5) is 0 Å². The van der Waals surface area contributed by atoms with Gasteiger partial charge in [0.05, 0.1) is 7.11 Å². The molecule has 0 fully saturated rings. The molecule has 96 valence electrons. The lowest BCUT2D eigenvalue weighted by Gasteiger charge is -2.11. The maximum atomic E-state index is 5.66. The van der Waals surface area contributed by atoms with E-state index in [9.17, 15) is 0 Å². The van der Waals surface area contributed by atoms with Crippen molar-refractivity contribution in [3.05, 3.63) is 29.3 Å². The van der Waals surface area contributed by atoms with Crippen molar-refractivity contribution in [3.63, 3.8) is 0 Å². The maximum Gasteiger partial charge on any atom is 0.122 e. The van der Waals surface area contributed by atoms with Gasteiger partial charge in [-0.05, 0) is 29.4 Å². The van der Waals surface area contributed by atoms with Crippen LogP contribution in [-0.2, 0) is 12.3 Å². The fraction of sp³-hybridized carbons (Fsp3) is 0.571. The Morgan fingerprint density at radius 2 is 2.18 bits per heavy atom. The zero-order valence-corrected chi connectivity index (χ0v) is 11.8. The number of nitrogens with two attached hydrogens (primary N) is 1. The van der Waals surface area contributed by atoms with Gasteiger partial charge in [0.15, 0.2) is 0 Å². The van der Waals surface area contributed by atoms with E-state index in [0.717, 1.165) is 17.4 Å². The molecule has 0 spiro atoms. The Morgan fingerprint density at radius 3 is 2.76 bits per heavy atom. The molecular formula is C14H23NOS. The van der Waals surface area contributed by atoms with Crippen LogP contribution >= 0.6 is 11.8 Å². The van der Waals surface area contributed by atoms with E-state index in [-0.39, 0.29) is 0 Å². The summed E-state index contributed by atoms with van der Waals surface area (Å²) in [6.45, 7) is 5.12. The zero-order chi connectivity index (χ0) is 12.7. The molecular weight excluding hydrogens is 230 g/mol. The second-order valence-corrected chi connectivity index (χ2v) is 5.41. The maximum absolute atomic E-state index is 5.66. The van der Waals surface area contributed by atoms with E-state index in [4.69, 9.17) is 10.5 Å². The van der Waals surface area contributed by atoms with Gasteiger partial charge in [0.25, 0.3) is 0 Å². The topological polar surface area (TPSA) is 35.2 Å². The van der Waals surface area contributed by atoms with E-state index in [1.807, 2.05) is 23.9 Å². The van der Waals surface area contributed by atoms with Crippen molar-refractivity contribution in [2.24, 2.45) is 11.7 Å². The number of thioether (sulfide) groups is 1. The molecule has 0 bridgehead atoms. The molecule has 0 aromatic heterocycles. The Morgan fingerprint density at radius 1 is 1.41 bits per heavy atom. The molecule has 1 aromatic rings. The predicted octanol–water partition coefficient (Wildman–Crippen LogP) is 3.43. The Kier molecular flexibility index (Phi) is 6.45. The van der Waals surface area contributed by atoms with Gasteiger partial charge in [0, 0.05) is 17.9 Å². The number of benzene rings is 1. The molecule has 0 saturated carbocycles. The van der Waals surface area contributed by atoms with Gasteiger partial charge >= 0.3 is 0 Å². The van der Waals surface area contributed by atoms with E-state index in [2.05, 4.69) is 19.9 Å². The van der Waals surface area contributed by atoms with Gasteiger partial charge in [0.1, 0.15) is 5.75 Å². The van der Waals surface area contributed by atoms with Crippen molar-refractivity contribution in [3.8, 4) is 5.75 Å². The molecule has 0 amide bonds. The van der Waals surface area contributed by atoms with E-state index < -0.39 is 0 Å². The highest BCUT2D eigenvalue weighted by atomic mass is 32.2. The van der Waals surface area contributed by atoms with Crippen molar-refractivity contribution >= 4 is 11.8 Å². The highest BCUT2D eigenvalue weighted by Gasteiger charge is 2.05. The summed E-state index contributed by atoms with van der Waals surface area (Å²) in [5.41, 5.74) is 8.09. The first kappa shape index (κ1) is 14.4. The van der Waals surface area contributed by atoms with Crippen LogP contribution in [0.25, 0.3) is 0 Å². The molecule has 0 aliphatic heterocycles. The van der Waals surface area contributed by atoms with Gasteiger partial charge in [-0.2, -0.15) is 11.8 Å². The van der Waals surface area contributed by atoms with Crippen molar-refractivity contribution in [1.29, 1.82) is 0 Å². The number of ether oxygens (including phenoxy) is 1. The third kappa shape index (κ3) is 4.60. The zero-order valence-electron chi connectivity index (χ0n) is 11.0. The second-order valence-electron chi connectivity index (χ2n) is 4.38. The normalized spacial score (nSPS) is 12.5.